The third-order valence-corrected chi connectivity index (χ3v) is 2.62. The highest BCUT2D eigenvalue weighted by atomic mass is 32.1. The van der Waals surface area contributed by atoms with E-state index in [-0.39, 0.29) is 23.4 Å². The van der Waals surface area contributed by atoms with Gasteiger partial charge in [-0.15, -0.1) is 0 Å². The lowest BCUT2D eigenvalue weighted by Crippen LogP contribution is -2.34. The minimum absolute atomic E-state index is 0.0180. The second kappa shape index (κ2) is 7.59. The summed E-state index contributed by atoms with van der Waals surface area (Å²) in [7, 11) is 0. The molecular weight excluding hydrogens is 276 g/mol. The average Bonchev–Trinajstić information content (AvgIpc) is 2.29. The normalized spacial score (nSPS) is 10.2. The highest BCUT2D eigenvalue weighted by Crippen LogP contribution is 2.10. The lowest BCUT2D eigenvalue weighted by molar-refractivity contribution is -0.136. The van der Waals surface area contributed by atoms with E-state index >= 15 is 0 Å². The first kappa shape index (κ1) is 16.1. The Morgan fingerprint density at radius 1 is 1.25 bits per heavy atom. The van der Waals surface area contributed by atoms with Crippen LogP contribution in [0, 0.1) is 5.92 Å². The van der Waals surface area contributed by atoms with Crippen LogP contribution in [0.25, 0.3) is 0 Å². The summed E-state index contributed by atoms with van der Waals surface area (Å²) in [5.41, 5.74) is 1.41. The Morgan fingerprint density at radius 2 is 1.85 bits per heavy atom. The maximum atomic E-state index is 11.5. The molecule has 1 rings (SSSR count). The molecule has 0 bridgehead atoms. The fourth-order valence-electron chi connectivity index (χ4n) is 1.59. The maximum Gasteiger partial charge on any atom is 0.307 e. The number of hydrogen-bond donors (Lipinski definition) is 3. The largest absolute Gasteiger partial charge is 0.481 e. The first-order chi connectivity index (χ1) is 9.36. The highest BCUT2D eigenvalue weighted by molar-refractivity contribution is 7.80. The molecule has 0 aliphatic heterocycles. The van der Waals surface area contributed by atoms with E-state index in [1.54, 1.807) is 24.3 Å². The summed E-state index contributed by atoms with van der Waals surface area (Å²) >= 11 is 5.03. The van der Waals surface area contributed by atoms with Gasteiger partial charge in [-0.05, 0) is 35.8 Å². The van der Waals surface area contributed by atoms with Gasteiger partial charge in [-0.3, -0.25) is 9.59 Å². The number of thiocarbonyl (C=S) groups is 1. The zero-order chi connectivity index (χ0) is 15.1. The molecule has 0 aliphatic carbocycles. The van der Waals surface area contributed by atoms with Crippen LogP contribution in [0.2, 0.25) is 0 Å². The Kier molecular flexibility index (Phi) is 6.11. The molecule has 0 saturated carbocycles. The number of carboxylic acids is 1. The van der Waals surface area contributed by atoms with E-state index in [2.05, 4.69) is 10.6 Å². The first-order valence-electron chi connectivity index (χ1n) is 6.28. The van der Waals surface area contributed by atoms with Crippen molar-refractivity contribution in [2.24, 2.45) is 5.92 Å². The van der Waals surface area contributed by atoms with Gasteiger partial charge < -0.3 is 15.7 Å². The smallest absolute Gasteiger partial charge is 0.307 e. The van der Waals surface area contributed by atoms with Gasteiger partial charge in [-0.1, -0.05) is 26.0 Å². The van der Waals surface area contributed by atoms with Gasteiger partial charge in [-0.2, -0.15) is 0 Å². The van der Waals surface area contributed by atoms with Gasteiger partial charge in [0.2, 0.25) is 5.91 Å². The number of nitrogens with one attached hydrogen (secondary N) is 2. The summed E-state index contributed by atoms with van der Waals surface area (Å²) in [6, 6.07) is 6.85. The van der Waals surface area contributed by atoms with Crippen molar-refractivity contribution in [3.05, 3.63) is 29.8 Å². The molecule has 0 radical (unpaired) electrons. The lowest BCUT2D eigenvalue weighted by Gasteiger charge is -2.10. The Labute approximate surface area is 123 Å². The Hall–Kier alpha value is -1.95. The predicted octanol–water partition coefficient (Wildman–Crippen LogP) is 2.17. The zero-order valence-electron chi connectivity index (χ0n) is 11.5. The van der Waals surface area contributed by atoms with E-state index in [4.69, 9.17) is 17.3 Å². The zero-order valence-corrected chi connectivity index (χ0v) is 12.3. The SMILES string of the molecule is CC(C)CC(=O)NC(=S)Nc1ccc(CC(=O)O)cc1. The number of carbonyl (C=O) groups is 2. The topological polar surface area (TPSA) is 78.4 Å². The van der Waals surface area contributed by atoms with E-state index in [1.165, 1.54) is 0 Å². The van der Waals surface area contributed by atoms with E-state index in [0.29, 0.717) is 17.7 Å². The molecule has 5 nitrogen and oxygen atoms in total. The molecule has 1 aromatic rings. The summed E-state index contributed by atoms with van der Waals surface area (Å²) in [4.78, 5) is 22.1. The monoisotopic (exact) mass is 294 g/mol. The summed E-state index contributed by atoms with van der Waals surface area (Å²) in [6.07, 6.45) is 0.398. The molecule has 3 N–H and O–H groups in total. The quantitative estimate of drug-likeness (QED) is 0.725. The van der Waals surface area contributed by atoms with Crippen LogP contribution in [0.1, 0.15) is 25.8 Å². The number of anilines is 1. The van der Waals surface area contributed by atoms with Crippen LogP contribution in [0.15, 0.2) is 24.3 Å². The number of amides is 1. The Morgan fingerprint density at radius 3 is 2.35 bits per heavy atom. The van der Waals surface area contributed by atoms with Crippen LogP contribution in [0.3, 0.4) is 0 Å². The molecule has 0 aromatic heterocycles. The molecule has 0 atom stereocenters. The van der Waals surface area contributed by atoms with Crippen LogP contribution in [-0.4, -0.2) is 22.1 Å². The van der Waals surface area contributed by atoms with Gasteiger partial charge in [0.15, 0.2) is 5.11 Å². The fourth-order valence-corrected chi connectivity index (χ4v) is 1.82. The van der Waals surface area contributed by atoms with Crippen molar-refractivity contribution < 1.29 is 14.7 Å². The van der Waals surface area contributed by atoms with Crippen molar-refractivity contribution in [2.75, 3.05) is 5.32 Å². The number of hydrogen-bond acceptors (Lipinski definition) is 3. The molecule has 1 aromatic carbocycles. The molecule has 20 heavy (non-hydrogen) atoms. The van der Waals surface area contributed by atoms with Crippen molar-refractivity contribution in [1.29, 1.82) is 0 Å². The maximum absolute atomic E-state index is 11.5. The highest BCUT2D eigenvalue weighted by Gasteiger charge is 2.07. The molecule has 0 fully saturated rings. The van der Waals surface area contributed by atoms with Gasteiger partial charge in [0.25, 0.3) is 0 Å². The second-order valence-corrected chi connectivity index (χ2v) is 5.28. The molecule has 0 unspecified atom stereocenters. The van der Waals surface area contributed by atoms with Crippen LogP contribution in [0.4, 0.5) is 5.69 Å². The van der Waals surface area contributed by atoms with Gasteiger partial charge in [-0.25, -0.2) is 0 Å². The minimum atomic E-state index is -0.873. The van der Waals surface area contributed by atoms with Gasteiger partial charge in [0, 0.05) is 12.1 Å². The lowest BCUT2D eigenvalue weighted by atomic mass is 10.1. The molecule has 0 heterocycles. The first-order valence-corrected chi connectivity index (χ1v) is 6.69. The van der Waals surface area contributed by atoms with Crippen molar-refractivity contribution in [2.45, 2.75) is 26.7 Å². The van der Waals surface area contributed by atoms with Crippen molar-refractivity contribution in [1.82, 2.24) is 5.32 Å². The molecule has 0 spiro atoms. The number of aliphatic carboxylic acids is 1. The van der Waals surface area contributed by atoms with Gasteiger partial charge in [0.1, 0.15) is 0 Å². The second-order valence-electron chi connectivity index (χ2n) is 4.87. The number of rotatable bonds is 5. The molecule has 0 aliphatic rings. The molecule has 1 amide bonds. The summed E-state index contributed by atoms with van der Waals surface area (Å²) in [5, 5.41) is 14.4. The Balaban J connectivity index is 2.50. The molecule has 108 valence electrons. The standard InChI is InChI=1S/C14H18N2O3S/c1-9(2)7-12(17)16-14(20)15-11-5-3-10(4-6-11)8-13(18)19/h3-6,9H,7-8H2,1-2H3,(H,18,19)(H2,15,16,17,20). The van der Waals surface area contributed by atoms with Crippen molar-refractivity contribution >= 4 is 34.9 Å². The van der Waals surface area contributed by atoms with Crippen LogP contribution < -0.4 is 10.6 Å². The number of benzene rings is 1. The third-order valence-electron chi connectivity index (χ3n) is 2.41. The van der Waals surface area contributed by atoms with Crippen molar-refractivity contribution in [3.8, 4) is 0 Å². The van der Waals surface area contributed by atoms with Crippen LogP contribution in [0.5, 0.6) is 0 Å². The van der Waals surface area contributed by atoms with E-state index < -0.39 is 5.97 Å². The van der Waals surface area contributed by atoms with Crippen LogP contribution in [-0.2, 0) is 16.0 Å². The summed E-state index contributed by atoms with van der Waals surface area (Å²) in [5.74, 6) is -0.727. The summed E-state index contributed by atoms with van der Waals surface area (Å²) < 4.78 is 0. The van der Waals surface area contributed by atoms with Crippen molar-refractivity contribution in [3.63, 3.8) is 0 Å². The van der Waals surface area contributed by atoms with Gasteiger partial charge >= 0.3 is 5.97 Å². The number of carboxylic acid groups (broad SMARTS) is 1. The average molecular weight is 294 g/mol. The number of carbonyl (C=O) groups excluding carboxylic acids is 1. The van der Waals surface area contributed by atoms with Gasteiger partial charge in [0.05, 0.1) is 6.42 Å². The Bertz CT molecular complexity index is 498. The minimum Gasteiger partial charge on any atom is -0.481 e. The summed E-state index contributed by atoms with van der Waals surface area (Å²) in [6.45, 7) is 3.91. The van der Waals surface area contributed by atoms with E-state index in [1.807, 2.05) is 13.8 Å². The molecule has 0 saturated heterocycles. The van der Waals surface area contributed by atoms with Crippen LogP contribution >= 0.6 is 12.2 Å². The molecule has 6 heteroatoms. The third kappa shape index (κ3) is 6.29. The van der Waals surface area contributed by atoms with E-state index in [9.17, 15) is 9.59 Å². The fraction of sp³-hybridized carbons (Fsp3) is 0.357. The predicted molar refractivity (Wildman–Crippen MR) is 81.6 cm³/mol. The van der Waals surface area contributed by atoms with E-state index in [0.717, 1.165) is 0 Å². The molecular formula is C14H18N2O3S.